The molecular formula is C14H13Br2N3S. The number of thiocarbonyl (C=S) groups is 1. The minimum Gasteiger partial charge on any atom is -0.389 e. The highest BCUT2D eigenvalue weighted by molar-refractivity contribution is 9.11. The lowest BCUT2D eigenvalue weighted by Gasteiger charge is -2.15. The van der Waals surface area contributed by atoms with Crippen molar-refractivity contribution < 1.29 is 0 Å². The Bertz CT molecular complexity index is 666. The van der Waals surface area contributed by atoms with Crippen molar-refractivity contribution in [3.63, 3.8) is 0 Å². The highest BCUT2D eigenvalue weighted by Crippen LogP contribution is 2.34. The molecule has 0 aliphatic rings. The number of anilines is 2. The Labute approximate surface area is 140 Å². The van der Waals surface area contributed by atoms with Gasteiger partial charge in [-0.25, -0.2) is 4.98 Å². The van der Waals surface area contributed by atoms with Crippen LogP contribution < -0.4 is 11.1 Å². The fourth-order valence-electron chi connectivity index (χ4n) is 1.97. The maximum atomic E-state index is 5.82. The molecule has 2 aromatic rings. The van der Waals surface area contributed by atoms with Crippen molar-refractivity contribution >= 4 is 60.6 Å². The second-order valence-corrected chi connectivity index (χ2v) is 6.54. The molecule has 0 radical (unpaired) electrons. The summed E-state index contributed by atoms with van der Waals surface area (Å²) in [6.07, 6.45) is 0. The molecule has 2 rings (SSSR count). The van der Waals surface area contributed by atoms with Gasteiger partial charge in [0, 0.05) is 14.6 Å². The van der Waals surface area contributed by atoms with Gasteiger partial charge >= 0.3 is 0 Å². The fourth-order valence-corrected chi connectivity index (χ4v) is 3.43. The third-order valence-corrected chi connectivity index (χ3v) is 4.32. The van der Waals surface area contributed by atoms with Gasteiger partial charge in [-0.1, -0.05) is 18.3 Å². The van der Waals surface area contributed by atoms with E-state index >= 15 is 0 Å². The number of pyridine rings is 1. The van der Waals surface area contributed by atoms with Crippen molar-refractivity contribution in [1.29, 1.82) is 0 Å². The Morgan fingerprint density at radius 3 is 2.40 bits per heavy atom. The highest BCUT2D eigenvalue weighted by atomic mass is 79.9. The number of aromatic nitrogens is 1. The lowest BCUT2D eigenvalue weighted by molar-refractivity contribution is 1.16. The summed E-state index contributed by atoms with van der Waals surface area (Å²) >= 11 is 12.2. The van der Waals surface area contributed by atoms with Crippen LogP contribution in [0.3, 0.4) is 0 Å². The van der Waals surface area contributed by atoms with Crippen LogP contribution in [0.5, 0.6) is 0 Å². The monoisotopic (exact) mass is 413 g/mol. The van der Waals surface area contributed by atoms with E-state index in [-0.39, 0.29) is 0 Å². The summed E-state index contributed by atoms with van der Waals surface area (Å²) in [5.74, 6) is 0.669. The first kappa shape index (κ1) is 15.4. The Morgan fingerprint density at radius 2 is 1.85 bits per heavy atom. The molecule has 104 valence electrons. The van der Waals surface area contributed by atoms with Crippen LogP contribution in [0.4, 0.5) is 11.5 Å². The number of para-hydroxylation sites is 1. The van der Waals surface area contributed by atoms with Crippen LogP contribution in [0, 0.1) is 13.8 Å². The summed E-state index contributed by atoms with van der Waals surface area (Å²) in [5, 5.41) is 3.30. The van der Waals surface area contributed by atoms with Crippen molar-refractivity contribution in [1.82, 2.24) is 4.98 Å². The number of benzene rings is 1. The molecule has 0 aliphatic carbocycles. The number of hydrogen-bond donors (Lipinski definition) is 2. The highest BCUT2D eigenvalue weighted by Gasteiger charge is 2.14. The summed E-state index contributed by atoms with van der Waals surface area (Å²) in [7, 11) is 0. The van der Waals surface area contributed by atoms with E-state index in [1.165, 1.54) is 0 Å². The van der Waals surface area contributed by atoms with Crippen molar-refractivity contribution in [2.24, 2.45) is 5.73 Å². The fraction of sp³-hybridized carbons (Fsp3) is 0.143. The van der Waals surface area contributed by atoms with Crippen LogP contribution in [0.15, 0.2) is 33.2 Å². The van der Waals surface area contributed by atoms with Crippen LogP contribution in [-0.2, 0) is 0 Å². The van der Waals surface area contributed by atoms with Crippen LogP contribution >= 0.6 is 44.1 Å². The zero-order valence-electron chi connectivity index (χ0n) is 11.0. The zero-order chi connectivity index (χ0) is 14.9. The van der Waals surface area contributed by atoms with E-state index in [2.05, 4.69) is 42.2 Å². The van der Waals surface area contributed by atoms with Crippen LogP contribution in [0.2, 0.25) is 0 Å². The van der Waals surface area contributed by atoms with Gasteiger partial charge in [-0.3, -0.25) is 0 Å². The van der Waals surface area contributed by atoms with E-state index in [9.17, 15) is 0 Å². The first-order valence-corrected chi connectivity index (χ1v) is 7.88. The van der Waals surface area contributed by atoms with Gasteiger partial charge in [-0.05, 0) is 69.5 Å². The molecule has 0 aliphatic heterocycles. The molecule has 0 fully saturated rings. The third-order valence-electron chi connectivity index (χ3n) is 2.80. The SMILES string of the molecule is Cc1cc(C)c(C(N)=S)c(Nc2c(Br)cccc2Br)n1. The van der Waals surface area contributed by atoms with Crippen LogP contribution in [0.25, 0.3) is 0 Å². The number of aryl methyl sites for hydroxylation is 2. The number of nitrogens with one attached hydrogen (secondary N) is 1. The van der Waals surface area contributed by atoms with Gasteiger partial charge in [0.2, 0.25) is 0 Å². The van der Waals surface area contributed by atoms with Crippen molar-refractivity contribution in [2.45, 2.75) is 13.8 Å². The molecule has 0 unspecified atom stereocenters. The zero-order valence-corrected chi connectivity index (χ0v) is 15.0. The van der Waals surface area contributed by atoms with Gasteiger partial charge < -0.3 is 11.1 Å². The van der Waals surface area contributed by atoms with Crippen LogP contribution in [0.1, 0.15) is 16.8 Å². The molecule has 0 saturated carbocycles. The molecule has 6 heteroatoms. The predicted molar refractivity (Wildman–Crippen MR) is 94.7 cm³/mol. The molecular weight excluding hydrogens is 402 g/mol. The number of hydrogen-bond acceptors (Lipinski definition) is 3. The van der Waals surface area contributed by atoms with E-state index in [1.54, 1.807) is 0 Å². The smallest absolute Gasteiger partial charge is 0.141 e. The van der Waals surface area contributed by atoms with Gasteiger partial charge in [0.15, 0.2) is 0 Å². The lowest BCUT2D eigenvalue weighted by Crippen LogP contribution is -2.15. The Kier molecular flexibility index (Phi) is 4.78. The predicted octanol–water partition coefficient (Wildman–Crippen LogP) is 4.60. The molecule has 0 spiro atoms. The molecule has 1 aromatic carbocycles. The standard InChI is InChI=1S/C14H13Br2N3S/c1-7-6-8(2)18-14(11(7)13(17)20)19-12-9(15)4-3-5-10(12)16/h3-6H,1-2H3,(H2,17,20)(H,18,19). The van der Waals surface area contributed by atoms with Gasteiger partial charge in [-0.15, -0.1) is 0 Å². The first-order chi connectivity index (χ1) is 9.40. The maximum absolute atomic E-state index is 5.82. The summed E-state index contributed by atoms with van der Waals surface area (Å²) in [6.45, 7) is 3.92. The largest absolute Gasteiger partial charge is 0.389 e. The molecule has 20 heavy (non-hydrogen) atoms. The average Bonchev–Trinajstić information content (AvgIpc) is 2.32. The third kappa shape index (κ3) is 3.19. The average molecular weight is 415 g/mol. The minimum absolute atomic E-state index is 0.334. The normalized spacial score (nSPS) is 10.4. The molecule has 0 amide bonds. The number of nitrogens with zero attached hydrogens (tertiary/aromatic N) is 1. The quantitative estimate of drug-likeness (QED) is 0.720. The lowest BCUT2D eigenvalue weighted by atomic mass is 10.1. The Hall–Kier alpha value is -0.980. The van der Waals surface area contributed by atoms with Gasteiger partial charge in [0.1, 0.15) is 10.8 Å². The molecule has 1 aromatic heterocycles. The topological polar surface area (TPSA) is 50.9 Å². The summed E-state index contributed by atoms with van der Waals surface area (Å²) in [5.41, 5.74) is 9.41. The van der Waals surface area contributed by atoms with Gasteiger partial charge in [-0.2, -0.15) is 0 Å². The van der Waals surface area contributed by atoms with Crippen molar-refractivity contribution in [3.05, 3.63) is 50.0 Å². The molecule has 3 nitrogen and oxygen atoms in total. The number of rotatable bonds is 3. The van der Waals surface area contributed by atoms with E-state index in [0.717, 1.165) is 31.5 Å². The molecule has 1 heterocycles. The molecule has 0 atom stereocenters. The van der Waals surface area contributed by atoms with E-state index in [1.807, 2.05) is 38.1 Å². The summed E-state index contributed by atoms with van der Waals surface area (Å²) < 4.78 is 1.86. The van der Waals surface area contributed by atoms with Gasteiger partial charge in [0.05, 0.1) is 11.3 Å². The van der Waals surface area contributed by atoms with Crippen molar-refractivity contribution in [3.8, 4) is 0 Å². The summed E-state index contributed by atoms with van der Waals surface area (Å²) in [6, 6.07) is 7.82. The van der Waals surface area contributed by atoms with E-state index < -0.39 is 0 Å². The minimum atomic E-state index is 0.334. The second-order valence-electron chi connectivity index (χ2n) is 4.39. The second kappa shape index (κ2) is 6.20. The summed E-state index contributed by atoms with van der Waals surface area (Å²) in [4.78, 5) is 4.85. The number of nitrogens with two attached hydrogens (primary N) is 1. The van der Waals surface area contributed by atoms with Crippen LogP contribution in [-0.4, -0.2) is 9.97 Å². The Morgan fingerprint density at radius 1 is 1.25 bits per heavy atom. The van der Waals surface area contributed by atoms with Crippen molar-refractivity contribution in [2.75, 3.05) is 5.32 Å². The number of halogens is 2. The van der Waals surface area contributed by atoms with Gasteiger partial charge in [0.25, 0.3) is 0 Å². The molecule has 0 saturated heterocycles. The Balaban J connectivity index is 2.56. The molecule has 0 bridgehead atoms. The first-order valence-electron chi connectivity index (χ1n) is 5.89. The van der Waals surface area contributed by atoms with E-state index in [0.29, 0.717) is 10.8 Å². The molecule has 3 N–H and O–H groups in total. The van der Waals surface area contributed by atoms with E-state index in [4.69, 9.17) is 18.0 Å². The maximum Gasteiger partial charge on any atom is 0.141 e.